The zero-order valence-corrected chi connectivity index (χ0v) is 24.2. The van der Waals surface area contributed by atoms with Crippen LogP contribution in [-0.2, 0) is 9.47 Å². The van der Waals surface area contributed by atoms with Crippen molar-refractivity contribution in [3.05, 3.63) is 93.2 Å². The second-order valence-corrected chi connectivity index (χ2v) is 11.3. The molecule has 0 saturated carbocycles. The second-order valence-electron chi connectivity index (χ2n) is 7.03. The summed E-state index contributed by atoms with van der Waals surface area (Å²) in [7, 11) is 9.87. The third-order valence-corrected chi connectivity index (χ3v) is 4.82. The fourth-order valence-electron chi connectivity index (χ4n) is 3.23. The molecule has 2 aromatic carbocycles. The van der Waals surface area contributed by atoms with E-state index in [2.05, 4.69) is 0 Å². The van der Waals surface area contributed by atoms with Crippen LogP contribution in [0.1, 0.15) is 34.6 Å². The molecule has 0 atom stereocenters. The van der Waals surface area contributed by atoms with Crippen molar-refractivity contribution in [3.8, 4) is 0 Å². The van der Waals surface area contributed by atoms with Gasteiger partial charge in [-0.25, -0.2) is 9.59 Å². The van der Waals surface area contributed by atoms with Crippen LogP contribution in [0.4, 0.5) is 0 Å². The molecule has 2 N–H and O–H groups in total. The first-order valence-electron chi connectivity index (χ1n) is 10.8. The number of para-hydroxylation sites is 2. The number of halogens is 2. The van der Waals surface area contributed by atoms with Gasteiger partial charge in [-0.3, -0.25) is 10.8 Å². The predicted molar refractivity (Wildman–Crippen MR) is 142 cm³/mol. The molecule has 0 unspecified atom stereocenters. The number of aromatic nitrogens is 2. The van der Waals surface area contributed by atoms with Crippen LogP contribution in [0.2, 0.25) is 0 Å². The molecule has 0 saturated heterocycles. The van der Waals surface area contributed by atoms with E-state index in [1.807, 2.05) is 0 Å². The monoisotopic (exact) mass is 652 g/mol. The summed E-state index contributed by atoms with van der Waals surface area (Å²) in [4.78, 5) is 23.1. The van der Waals surface area contributed by atoms with Crippen molar-refractivity contribution in [2.45, 2.75) is 13.8 Å². The van der Waals surface area contributed by atoms with Crippen molar-refractivity contribution in [3.63, 3.8) is 0 Å². The summed E-state index contributed by atoms with van der Waals surface area (Å²) < 4.78 is 10.5. The number of carbonyl (C=O) groups is 2. The van der Waals surface area contributed by atoms with Gasteiger partial charge in [-0.1, -0.05) is 36.4 Å². The van der Waals surface area contributed by atoms with Gasteiger partial charge < -0.3 is 29.3 Å². The van der Waals surface area contributed by atoms with Gasteiger partial charge >= 0.3 is 48.7 Å². The maximum atomic E-state index is 11.8. The molecule has 4 aromatic rings. The molecule has 10 nitrogen and oxygen atoms in total. The molecule has 37 heavy (non-hydrogen) atoms. The molecular weight excluding hydrogens is 630 g/mol. The average Bonchev–Trinajstić information content (AvgIpc) is 2.89. The van der Waals surface area contributed by atoms with Crippen molar-refractivity contribution < 1.29 is 19.1 Å². The number of rotatable bonds is 4. The normalized spacial score (nSPS) is 9.84. The van der Waals surface area contributed by atoms with E-state index in [-0.39, 0.29) is 35.3 Å². The molecule has 0 aliphatic rings. The number of esters is 2. The number of nitrogens with zero attached hydrogens (tertiary/aromatic N) is 2. The quantitative estimate of drug-likeness (QED) is 0.248. The number of pyridine rings is 2. The van der Waals surface area contributed by atoms with Crippen molar-refractivity contribution in [2.75, 3.05) is 13.2 Å². The summed E-state index contributed by atoms with van der Waals surface area (Å²) in [6.45, 7) is 3.77. The van der Waals surface area contributed by atoms with Gasteiger partial charge in [0.15, 0.2) is 0 Å². The fourth-order valence-corrected chi connectivity index (χ4v) is 3.23. The van der Waals surface area contributed by atoms with Gasteiger partial charge in [0.1, 0.15) is 22.1 Å². The van der Waals surface area contributed by atoms with Crippen molar-refractivity contribution in [1.82, 2.24) is 9.46 Å². The number of carbonyl (C=O) groups excluding carboxylic acids is 2. The van der Waals surface area contributed by atoms with Crippen LogP contribution >= 0.6 is 17.8 Å². The summed E-state index contributed by atoms with van der Waals surface area (Å²) in [6.07, 6.45) is 0. The zero-order chi connectivity index (χ0) is 27.5. The molecule has 0 bridgehead atoms. The van der Waals surface area contributed by atoms with E-state index in [1.54, 1.807) is 62.4 Å². The van der Waals surface area contributed by atoms with Crippen molar-refractivity contribution >= 4 is 70.5 Å². The first-order chi connectivity index (χ1) is 17.7. The molecule has 2 heterocycles. The minimum absolute atomic E-state index is 0.0134. The van der Waals surface area contributed by atoms with Crippen LogP contribution in [0.5, 0.6) is 0 Å². The number of hydrogen-bond acceptors (Lipinski definition) is 8. The first-order valence-corrected chi connectivity index (χ1v) is 18.0. The van der Waals surface area contributed by atoms with E-state index >= 15 is 0 Å². The SMILES string of the molecule is CCOC(=O)c1cc2ccccc2n([O-])c1=N.CCOC(=O)c1cc2ccccc2n([O-])c1=N.[Cl][Sn+2][Cl]. The molecule has 0 aliphatic carbocycles. The van der Waals surface area contributed by atoms with E-state index in [1.165, 1.54) is 12.1 Å². The summed E-state index contributed by atoms with van der Waals surface area (Å²) in [5.41, 5.74) is -0.0681. The molecular formula is C24H22Cl2N4O6Sn. The predicted octanol–water partition coefficient (Wildman–Crippen LogP) is 4.28. The number of benzene rings is 2. The van der Waals surface area contributed by atoms with Crippen molar-refractivity contribution in [2.24, 2.45) is 0 Å². The van der Waals surface area contributed by atoms with E-state index < -0.39 is 30.8 Å². The molecule has 0 spiro atoms. The van der Waals surface area contributed by atoms with Gasteiger partial charge in [0.05, 0.1) is 13.2 Å². The Labute approximate surface area is 229 Å². The molecule has 2 aromatic heterocycles. The van der Waals surface area contributed by atoms with Gasteiger partial charge in [-0.2, -0.15) is 0 Å². The number of hydrogen-bond donors (Lipinski definition) is 2. The van der Waals surface area contributed by atoms with Crippen LogP contribution in [0, 0.1) is 21.2 Å². The Bertz CT molecular complexity index is 1410. The third kappa shape index (κ3) is 7.40. The van der Waals surface area contributed by atoms with Crippen LogP contribution in [0.3, 0.4) is 0 Å². The Hall–Kier alpha value is -3.22. The molecule has 13 heteroatoms. The molecule has 192 valence electrons. The first kappa shape index (κ1) is 30.0. The van der Waals surface area contributed by atoms with Gasteiger partial charge in [-0.15, -0.1) is 0 Å². The molecule has 4 rings (SSSR count). The van der Waals surface area contributed by atoms with Gasteiger partial charge in [0.25, 0.3) is 0 Å². The van der Waals surface area contributed by atoms with E-state index in [0.717, 1.165) is 0 Å². The Morgan fingerprint density at radius 3 is 1.43 bits per heavy atom. The van der Waals surface area contributed by atoms with Crippen LogP contribution < -0.4 is 11.0 Å². The maximum absolute atomic E-state index is 11.8. The van der Waals surface area contributed by atoms with E-state index in [0.29, 0.717) is 31.3 Å². The topological polar surface area (TPSA) is 156 Å². The zero-order valence-electron chi connectivity index (χ0n) is 19.8. The van der Waals surface area contributed by atoms with E-state index in [4.69, 9.17) is 38.1 Å². The molecule has 0 radical (unpaired) electrons. The number of ether oxygens (including phenoxy) is 2. The third-order valence-electron chi connectivity index (χ3n) is 4.82. The fraction of sp³-hybridized carbons (Fsp3) is 0.167. The van der Waals surface area contributed by atoms with Gasteiger partial charge in [0, 0.05) is 11.0 Å². The Balaban J connectivity index is 0.000000235. The van der Waals surface area contributed by atoms with Gasteiger partial charge in [0.2, 0.25) is 0 Å². The van der Waals surface area contributed by atoms with Gasteiger partial charge in [-0.05, 0) is 48.9 Å². The average molecular weight is 652 g/mol. The minimum atomic E-state index is -0.826. The molecule has 0 amide bonds. The van der Waals surface area contributed by atoms with Crippen molar-refractivity contribution in [1.29, 1.82) is 10.8 Å². The van der Waals surface area contributed by atoms with Crippen LogP contribution in [0.15, 0.2) is 60.7 Å². The van der Waals surface area contributed by atoms with E-state index in [9.17, 15) is 20.0 Å². The second kappa shape index (κ2) is 14.5. The Morgan fingerprint density at radius 2 is 1.11 bits per heavy atom. The summed E-state index contributed by atoms with van der Waals surface area (Å²) >= 11 is -0.826. The Morgan fingerprint density at radius 1 is 0.784 bits per heavy atom. The molecule has 0 fully saturated rings. The molecule has 0 aliphatic heterocycles. The Kier molecular flexibility index (Phi) is 11.8. The number of nitrogens with one attached hydrogen (secondary N) is 2. The summed E-state index contributed by atoms with van der Waals surface area (Å²) in [5, 5.41) is 40.1. The number of fused-ring (bicyclic) bond motifs is 2. The summed E-state index contributed by atoms with van der Waals surface area (Å²) in [5.74, 6) is -1.29. The summed E-state index contributed by atoms with van der Waals surface area (Å²) in [6, 6.07) is 16.6. The van der Waals surface area contributed by atoms with Crippen LogP contribution in [0.25, 0.3) is 21.8 Å². The van der Waals surface area contributed by atoms with Crippen LogP contribution in [-0.4, -0.2) is 53.5 Å². The standard InChI is InChI=1S/2C12H11N2O3.2ClH.Sn/c2*1-2-17-12(15)9-7-8-5-3-4-6-10(8)14(16)11(9)13;;;/h2*3-7,13H,2H2,1H3;2*1H;/q2*-1;;;+4/p-2.